The van der Waals surface area contributed by atoms with Crippen molar-refractivity contribution in [3.05, 3.63) is 40.9 Å². The van der Waals surface area contributed by atoms with Gasteiger partial charge in [0.2, 0.25) is 5.82 Å². The molecular weight excluding hydrogens is 222 g/mol. The number of fused-ring (bicyclic) bond motifs is 1. The number of ether oxygens (including phenoxy) is 1. The average Bonchev–Trinajstić information content (AvgIpc) is 2.23. The van der Waals surface area contributed by atoms with Crippen molar-refractivity contribution >= 4 is 22.4 Å². The third kappa shape index (κ3) is 1.63. The van der Waals surface area contributed by atoms with Gasteiger partial charge in [0, 0.05) is 10.4 Å². The molecule has 0 aliphatic rings. The molecule has 15 heavy (non-hydrogen) atoms. The standard InChI is InChI=1S/C11H7ClF2O/c1-15-9-5-6-4-7(12)2-3-8(6)10(13)11(9)14/h2-5H,1H3. The Morgan fingerprint density at radius 3 is 2.53 bits per heavy atom. The summed E-state index contributed by atoms with van der Waals surface area (Å²) in [6, 6.07) is 5.93. The molecule has 4 heteroatoms. The molecule has 2 rings (SSSR count). The molecule has 0 aliphatic carbocycles. The molecule has 0 spiro atoms. The molecule has 0 unspecified atom stereocenters. The molecule has 0 aromatic heterocycles. The van der Waals surface area contributed by atoms with Gasteiger partial charge in [0.15, 0.2) is 11.6 Å². The van der Waals surface area contributed by atoms with E-state index in [0.29, 0.717) is 10.4 Å². The maximum Gasteiger partial charge on any atom is 0.201 e. The van der Waals surface area contributed by atoms with Gasteiger partial charge < -0.3 is 4.74 Å². The minimum absolute atomic E-state index is 0.123. The Labute approximate surface area is 90.2 Å². The Balaban J connectivity index is 2.84. The number of methoxy groups -OCH3 is 1. The van der Waals surface area contributed by atoms with Crippen LogP contribution in [-0.4, -0.2) is 7.11 Å². The molecule has 0 amide bonds. The van der Waals surface area contributed by atoms with Crippen molar-refractivity contribution in [1.29, 1.82) is 0 Å². The molecule has 0 saturated heterocycles. The van der Waals surface area contributed by atoms with Gasteiger partial charge in [-0.3, -0.25) is 0 Å². The van der Waals surface area contributed by atoms with E-state index in [2.05, 4.69) is 0 Å². The van der Waals surface area contributed by atoms with Gasteiger partial charge in [-0.05, 0) is 29.7 Å². The largest absolute Gasteiger partial charge is 0.494 e. The summed E-state index contributed by atoms with van der Waals surface area (Å²) >= 11 is 5.75. The molecule has 0 radical (unpaired) electrons. The Kier molecular flexibility index (Phi) is 2.49. The van der Waals surface area contributed by atoms with Gasteiger partial charge in [-0.1, -0.05) is 11.6 Å². The number of rotatable bonds is 1. The number of halogens is 3. The van der Waals surface area contributed by atoms with Gasteiger partial charge in [-0.2, -0.15) is 4.39 Å². The molecule has 78 valence electrons. The lowest BCUT2D eigenvalue weighted by Gasteiger charge is -2.06. The number of benzene rings is 2. The lowest BCUT2D eigenvalue weighted by molar-refractivity contribution is 0.374. The first-order valence-electron chi connectivity index (χ1n) is 4.24. The van der Waals surface area contributed by atoms with Gasteiger partial charge in [0.25, 0.3) is 0 Å². The fraction of sp³-hybridized carbons (Fsp3) is 0.0909. The van der Waals surface area contributed by atoms with Crippen LogP contribution in [0.25, 0.3) is 10.8 Å². The SMILES string of the molecule is COc1cc2cc(Cl)ccc2c(F)c1F. The van der Waals surface area contributed by atoms with Crippen LogP contribution in [0.15, 0.2) is 24.3 Å². The van der Waals surface area contributed by atoms with E-state index in [1.165, 1.54) is 25.3 Å². The zero-order valence-corrected chi connectivity index (χ0v) is 8.61. The first-order chi connectivity index (χ1) is 7.13. The minimum Gasteiger partial charge on any atom is -0.494 e. The second-order valence-electron chi connectivity index (χ2n) is 3.07. The Hall–Kier alpha value is -1.35. The van der Waals surface area contributed by atoms with E-state index in [0.717, 1.165) is 0 Å². The first kappa shape index (κ1) is 10.2. The summed E-state index contributed by atoms with van der Waals surface area (Å²) in [4.78, 5) is 0. The molecule has 0 atom stereocenters. The van der Waals surface area contributed by atoms with Crippen LogP contribution in [0, 0.1) is 11.6 Å². The van der Waals surface area contributed by atoms with Crippen LogP contribution in [0.5, 0.6) is 5.75 Å². The van der Waals surface area contributed by atoms with Crippen LogP contribution >= 0.6 is 11.6 Å². The van der Waals surface area contributed by atoms with E-state index < -0.39 is 11.6 Å². The quantitative estimate of drug-likeness (QED) is 0.722. The summed E-state index contributed by atoms with van der Waals surface area (Å²) in [5.74, 6) is -2.02. The van der Waals surface area contributed by atoms with Gasteiger partial charge in [0.05, 0.1) is 7.11 Å². The van der Waals surface area contributed by atoms with Crippen molar-refractivity contribution in [3.8, 4) is 5.75 Å². The molecular formula is C11H7ClF2O. The lowest BCUT2D eigenvalue weighted by Crippen LogP contribution is -1.93. The molecule has 0 bridgehead atoms. The Morgan fingerprint density at radius 2 is 1.87 bits per heavy atom. The zero-order valence-electron chi connectivity index (χ0n) is 7.85. The normalized spacial score (nSPS) is 10.7. The molecule has 0 N–H and O–H groups in total. The van der Waals surface area contributed by atoms with Crippen LogP contribution in [0.3, 0.4) is 0 Å². The Bertz CT molecular complexity index is 525. The zero-order chi connectivity index (χ0) is 11.0. The summed E-state index contributed by atoms with van der Waals surface area (Å²) in [6.07, 6.45) is 0. The van der Waals surface area contributed by atoms with E-state index >= 15 is 0 Å². The van der Waals surface area contributed by atoms with Crippen LogP contribution < -0.4 is 4.74 Å². The summed E-state index contributed by atoms with van der Waals surface area (Å²) in [7, 11) is 1.29. The van der Waals surface area contributed by atoms with E-state index in [1.807, 2.05) is 0 Å². The third-order valence-electron chi connectivity index (χ3n) is 2.17. The van der Waals surface area contributed by atoms with E-state index in [1.54, 1.807) is 6.07 Å². The lowest BCUT2D eigenvalue weighted by atomic mass is 10.1. The highest BCUT2D eigenvalue weighted by molar-refractivity contribution is 6.31. The smallest absolute Gasteiger partial charge is 0.201 e. The van der Waals surface area contributed by atoms with Crippen molar-refractivity contribution in [2.24, 2.45) is 0 Å². The maximum absolute atomic E-state index is 13.5. The van der Waals surface area contributed by atoms with Crippen molar-refractivity contribution in [3.63, 3.8) is 0 Å². The number of hydrogen-bond acceptors (Lipinski definition) is 1. The summed E-state index contributed by atoms with van der Waals surface area (Å²) in [6.45, 7) is 0. The third-order valence-corrected chi connectivity index (χ3v) is 2.40. The maximum atomic E-state index is 13.5. The van der Waals surface area contributed by atoms with Crippen molar-refractivity contribution < 1.29 is 13.5 Å². The fourth-order valence-corrected chi connectivity index (χ4v) is 1.61. The second-order valence-corrected chi connectivity index (χ2v) is 3.51. The van der Waals surface area contributed by atoms with E-state index in [-0.39, 0.29) is 11.1 Å². The van der Waals surface area contributed by atoms with Gasteiger partial charge in [-0.25, -0.2) is 4.39 Å². The molecule has 0 aliphatic heterocycles. The van der Waals surface area contributed by atoms with Crippen molar-refractivity contribution in [2.45, 2.75) is 0 Å². The molecule has 1 nitrogen and oxygen atoms in total. The summed E-state index contributed by atoms with van der Waals surface area (Å²) in [5, 5.41) is 1.17. The highest BCUT2D eigenvalue weighted by atomic mass is 35.5. The minimum atomic E-state index is -0.979. The topological polar surface area (TPSA) is 9.23 Å². The van der Waals surface area contributed by atoms with E-state index in [9.17, 15) is 8.78 Å². The van der Waals surface area contributed by atoms with E-state index in [4.69, 9.17) is 16.3 Å². The molecule has 2 aromatic carbocycles. The molecule has 0 saturated carbocycles. The summed E-state index contributed by atoms with van der Waals surface area (Å²) in [5.41, 5.74) is 0. The van der Waals surface area contributed by atoms with Crippen LogP contribution in [0.4, 0.5) is 8.78 Å². The van der Waals surface area contributed by atoms with Gasteiger partial charge in [0.1, 0.15) is 0 Å². The fourth-order valence-electron chi connectivity index (χ4n) is 1.43. The highest BCUT2D eigenvalue weighted by Gasteiger charge is 2.13. The van der Waals surface area contributed by atoms with Gasteiger partial charge >= 0.3 is 0 Å². The average molecular weight is 229 g/mol. The van der Waals surface area contributed by atoms with Crippen LogP contribution in [-0.2, 0) is 0 Å². The first-order valence-corrected chi connectivity index (χ1v) is 4.62. The number of hydrogen-bond donors (Lipinski definition) is 0. The monoisotopic (exact) mass is 228 g/mol. The highest BCUT2D eigenvalue weighted by Crippen LogP contribution is 2.29. The van der Waals surface area contributed by atoms with Crippen molar-refractivity contribution in [2.75, 3.05) is 7.11 Å². The Morgan fingerprint density at radius 1 is 1.13 bits per heavy atom. The summed E-state index contributed by atoms with van der Waals surface area (Å²) < 4.78 is 31.5. The van der Waals surface area contributed by atoms with Crippen LogP contribution in [0.2, 0.25) is 5.02 Å². The predicted molar refractivity (Wildman–Crippen MR) is 55.4 cm³/mol. The van der Waals surface area contributed by atoms with Crippen LogP contribution in [0.1, 0.15) is 0 Å². The second kappa shape index (κ2) is 3.66. The molecule has 0 fully saturated rings. The molecule has 0 heterocycles. The molecule has 2 aromatic rings. The van der Waals surface area contributed by atoms with Gasteiger partial charge in [-0.15, -0.1) is 0 Å². The van der Waals surface area contributed by atoms with Crippen molar-refractivity contribution in [1.82, 2.24) is 0 Å². The predicted octanol–water partition coefficient (Wildman–Crippen LogP) is 3.78.